The van der Waals surface area contributed by atoms with Crippen LogP contribution in [0.3, 0.4) is 0 Å². The summed E-state index contributed by atoms with van der Waals surface area (Å²) in [7, 11) is -3.70. The number of carbonyl (C=O) groups is 1. The lowest BCUT2D eigenvalue weighted by molar-refractivity contribution is -0.895. The van der Waals surface area contributed by atoms with Crippen molar-refractivity contribution >= 4 is 15.9 Å². The fraction of sp³-hybridized carbons (Fsp3) is 0.333. The van der Waals surface area contributed by atoms with Crippen LogP contribution < -0.4 is 10.2 Å². The van der Waals surface area contributed by atoms with Gasteiger partial charge >= 0.3 is 0 Å². The van der Waals surface area contributed by atoms with Crippen LogP contribution >= 0.6 is 0 Å². The average Bonchev–Trinajstić information content (AvgIpc) is 2.75. The minimum Gasteiger partial charge on any atom is -0.351 e. The van der Waals surface area contributed by atoms with Crippen LogP contribution in [0, 0.1) is 11.3 Å². The van der Waals surface area contributed by atoms with E-state index in [9.17, 15) is 18.5 Å². The highest BCUT2D eigenvalue weighted by molar-refractivity contribution is 7.89. The van der Waals surface area contributed by atoms with Gasteiger partial charge in [-0.15, -0.1) is 0 Å². The second-order valence-electron chi connectivity index (χ2n) is 7.02. The zero-order valence-corrected chi connectivity index (χ0v) is 17.0. The molecule has 0 saturated carbocycles. The summed E-state index contributed by atoms with van der Waals surface area (Å²) >= 11 is 0. The van der Waals surface area contributed by atoms with Gasteiger partial charge in [-0.25, -0.2) is 8.42 Å². The highest BCUT2D eigenvalue weighted by Gasteiger charge is 2.32. The molecule has 1 aliphatic rings. The fourth-order valence-corrected chi connectivity index (χ4v) is 5.01. The van der Waals surface area contributed by atoms with E-state index in [0.29, 0.717) is 39.3 Å². The molecular weight excluding hydrogens is 388 g/mol. The van der Waals surface area contributed by atoms with E-state index in [4.69, 9.17) is 0 Å². The summed E-state index contributed by atoms with van der Waals surface area (Å²) < 4.78 is 27.1. The van der Waals surface area contributed by atoms with E-state index in [1.807, 2.05) is 36.4 Å². The molecule has 0 spiro atoms. The molecule has 29 heavy (non-hydrogen) atoms. The van der Waals surface area contributed by atoms with Crippen molar-refractivity contribution in [2.45, 2.75) is 11.3 Å². The van der Waals surface area contributed by atoms with Crippen molar-refractivity contribution in [3.8, 4) is 6.07 Å². The third-order valence-electron chi connectivity index (χ3n) is 5.04. The fourth-order valence-electron chi connectivity index (χ4n) is 3.42. The van der Waals surface area contributed by atoms with Crippen LogP contribution in [-0.4, -0.2) is 57.9 Å². The van der Waals surface area contributed by atoms with Crippen molar-refractivity contribution in [2.24, 2.45) is 0 Å². The van der Waals surface area contributed by atoms with E-state index >= 15 is 0 Å². The molecule has 3 rings (SSSR count). The zero-order valence-electron chi connectivity index (χ0n) is 16.2. The van der Waals surface area contributed by atoms with Crippen molar-refractivity contribution in [2.75, 3.05) is 39.3 Å². The van der Waals surface area contributed by atoms with Crippen molar-refractivity contribution in [1.29, 1.82) is 5.26 Å². The highest BCUT2D eigenvalue weighted by atomic mass is 32.2. The molecule has 1 heterocycles. The largest absolute Gasteiger partial charge is 0.351 e. The number of quaternary nitrogens is 1. The number of nitrogens with zero attached hydrogens (tertiary/aromatic N) is 2. The number of piperazine rings is 1. The molecule has 0 unspecified atom stereocenters. The molecule has 1 aliphatic heterocycles. The maximum atomic E-state index is 12.9. The van der Waals surface area contributed by atoms with Gasteiger partial charge in [0.15, 0.2) is 6.54 Å². The Morgan fingerprint density at radius 2 is 1.72 bits per heavy atom. The summed E-state index contributed by atoms with van der Waals surface area (Å²) in [5.41, 5.74) is 1.33. The van der Waals surface area contributed by atoms with E-state index in [2.05, 4.69) is 5.32 Å². The van der Waals surface area contributed by atoms with E-state index in [1.165, 1.54) is 22.0 Å². The molecule has 2 aromatic rings. The molecule has 2 N–H and O–H groups in total. The molecule has 0 aromatic heterocycles. The first kappa shape index (κ1) is 21.0. The second-order valence-corrected chi connectivity index (χ2v) is 8.93. The Balaban J connectivity index is 1.47. The molecule has 0 bridgehead atoms. The van der Waals surface area contributed by atoms with Gasteiger partial charge in [0.1, 0.15) is 6.07 Å². The molecule has 0 atom stereocenters. The monoisotopic (exact) mass is 413 g/mol. The number of hydrogen-bond donors (Lipinski definition) is 2. The third-order valence-corrected chi connectivity index (χ3v) is 7.00. The normalized spacial score (nSPS) is 15.6. The van der Waals surface area contributed by atoms with Crippen LogP contribution in [0.4, 0.5) is 0 Å². The summed E-state index contributed by atoms with van der Waals surface area (Å²) in [6.45, 7) is 2.68. The lowest BCUT2D eigenvalue weighted by Crippen LogP contribution is -3.15. The molecule has 7 nitrogen and oxygen atoms in total. The van der Waals surface area contributed by atoms with Crippen LogP contribution in [0.2, 0.25) is 0 Å². The minimum atomic E-state index is -3.70. The molecule has 1 amide bonds. The molecule has 1 saturated heterocycles. The number of amides is 1. The molecule has 8 heteroatoms. The summed E-state index contributed by atoms with van der Waals surface area (Å²) in [6.07, 6.45) is 0.784. The smallest absolute Gasteiger partial charge is 0.275 e. The summed E-state index contributed by atoms with van der Waals surface area (Å²) in [5, 5.41) is 12.1. The van der Waals surface area contributed by atoms with E-state index in [1.54, 1.807) is 12.1 Å². The summed E-state index contributed by atoms with van der Waals surface area (Å²) in [6, 6.07) is 18.2. The van der Waals surface area contributed by atoms with Crippen molar-refractivity contribution < 1.29 is 18.1 Å². The van der Waals surface area contributed by atoms with Crippen LogP contribution in [-0.2, 0) is 21.2 Å². The molecule has 2 aromatic carbocycles. The second kappa shape index (κ2) is 9.65. The van der Waals surface area contributed by atoms with Gasteiger partial charge in [-0.1, -0.05) is 42.5 Å². The number of benzene rings is 2. The van der Waals surface area contributed by atoms with Crippen LogP contribution in [0.1, 0.15) is 11.1 Å². The average molecular weight is 414 g/mol. The van der Waals surface area contributed by atoms with Crippen molar-refractivity contribution in [1.82, 2.24) is 9.62 Å². The molecule has 0 aliphatic carbocycles. The van der Waals surface area contributed by atoms with E-state index in [0.717, 1.165) is 11.3 Å². The van der Waals surface area contributed by atoms with Crippen LogP contribution in [0.25, 0.3) is 0 Å². The Kier molecular flexibility index (Phi) is 6.99. The Labute approximate surface area is 171 Å². The number of nitriles is 1. The van der Waals surface area contributed by atoms with Crippen molar-refractivity contribution in [3.63, 3.8) is 0 Å². The van der Waals surface area contributed by atoms with Crippen LogP contribution in [0.5, 0.6) is 0 Å². The highest BCUT2D eigenvalue weighted by Crippen LogP contribution is 2.19. The van der Waals surface area contributed by atoms with Crippen LogP contribution in [0.15, 0.2) is 59.5 Å². The Morgan fingerprint density at radius 3 is 2.41 bits per heavy atom. The molecule has 1 fully saturated rings. The van der Waals surface area contributed by atoms with Gasteiger partial charge in [0, 0.05) is 6.54 Å². The lowest BCUT2D eigenvalue weighted by atomic mass is 10.1. The van der Waals surface area contributed by atoms with Gasteiger partial charge < -0.3 is 10.2 Å². The number of nitrogens with one attached hydrogen (secondary N) is 2. The summed E-state index contributed by atoms with van der Waals surface area (Å²) in [4.78, 5) is 13.3. The maximum Gasteiger partial charge on any atom is 0.275 e. The third kappa shape index (κ3) is 5.41. The summed E-state index contributed by atoms with van der Waals surface area (Å²) in [5.74, 6) is -0.0259. The van der Waals surface area contributed by atoms with E-state index in [-0.39, 0.29) is 16.4 Å². The zero-order chi connectivity index (χ0) is 20.7. The van der Waals surface area contributed by atoms with Gasteiger partial charge in [-0.05, 0) is 24.1 Å². The molecule has 0 radical (unpaired) electrons. The Bertz CT molecular complexity index is 978. The number of hydrogen-bond acceptors (Lipinski definition) is 4. The standard InChI is InChI=1S/C21H24N4O3S/c22-16-19-8-4-5-9-20(19)29(27,28)25-14-12-24(13-15-25)17-21(26)23-11-10-18-6-2-1-3-7-18/h1-9H,10-15,17H2,(H,23,26)/p+1. The predicted molar refractivity (Wildman–Crippen MR) is 109 cm³/mol. The Morgan fingerprint density at radius 1 is 1.07 bits per heavy atom. The van der Waals surface area contributed by atoms with Gasteiger partial charge in [-0.3, -0.25) is 4.79 Å². The number of rotatable bonds is 7. The van der Waals surface area contributed by atoms with E-state index < -0.39 is 10.0 Å². The number of carbonyl (C=O) groups excluding carboxylic acids is 1. The van der Waals surface area contributed by atoms with Gasteiger partial charge in [0.2, 0.25) is 10.0 Å². The SMILES string of the molecule is N#Cc1ccccc1S(=O)(=O)N1CC[NH+](CC(=O)NCCc2ccccc2)CC1. The predicted octanol–water partition coefficient (Wildman–Crippen LogP) is -0.194. The first-order valence-electron chi connectivity index (χ1n) is 9.64. The van der Waals surface area contributed by atoms with Gasteiger partial charge in [0.25, 0.3) is 5.91 Å². The first-order chi connectivity index (χ1) is 14.0. The topological polar surface area (TPSA) is 94.7 Å². The number of sulfonamides is 1. The maximum absolute atomic E-state index is 12.9. The quantitative estimate of drug-likeness (QED) is 0.658. The van der Waals surface area contributed by atoms with Gasteiger partial charge in [-0.2, -0.15) is 9.57 Å². The minimum absolute atomic E-state index is 0.0259. The molecule has 152 valence electrons. The van der Waals surface area contributed by atoms with Crippen molar-refractivity contribution in [3.05, 3.63) is 65.7 Å². The first-order valence-corrected chi connectivity index (χ1v) is 11.1. The Hall–Kier alpha value is -2.73. The molecular formula is C21H25N4O3S+. The van der Waals surface area contributed by atoms with Gasteiger partial charge in [0.05, 0.1) is 36.6 Å². The lowest BCUT2D eigenvalue weighted by Gasteiger charge is -2.31.